The van der Waals surface area contributed by atoms with Crippen LogP contribution in [0.1, 0.15) is 62.1 Å². The molecule has 106 valence electrons. The van der Waals surface area contributed by atoms with Gasteiger partial charge in [-0.15, -0.1) is 0 Å². The maximum Gasteiger partial charge on any atom is 0.185 e. The number of aromatic nitrogens is 1. The molecule has 0 bridgehead atoms. The summed E-state index contributed by atoms with van der Waals surface area (Å²) in [5.41, 5.74) is 1.36. The van der Waals surface area contributed by atoms with Crippen molar-refractivity contribution in [2.75, 3.05) is 18.5 Å². The van der Waals surface area contributed by atoms with Gasteiger partial charge in [-0.05, 0) is 38.6 Å². The Morgan fingerprint density at radius 2 is 2.05 bits per heavy atom. The summed E-state index contributed by atoms with van der Waals surface area (Å²) in [6.45, 7) is 3.25. The Kier molecular flexibility index (Phi) is 4.08. The van der Waals surface area contributed by atoms with E-state index < -0.39 is 0 Å². The molecule has 2 aliphatic rings. The van der Waals surface area contributed by atoms with Gasteiger partial charge in [-0.1, -0.05) is 31.1 Å². The number of hydrogen-bond donors (Lipinski definition) is 1. The van der Waals surface area contributed by atoms with E-state index >= 15 is 0 Å². The van der Waals surface area contributed by atoms with Gasteiger partial charge < -0.3 is 10.2 Å². The molecule has 1 heterocycles. The van der Waals surface area contributed by atoms with Crippen molar-refractivity contribution in [3.05, 3.63) is 10.6 Å². The van der Waals surface area contributed by atoms with Crippen molar-refractivity contribution in [2.24, 2.45) is 0 Å². The summed E-state index contributed by atoms with van der Waals surface area (Å²) in [5, 5.41) is 4.87. The minimum absolute atomic E-state index is 0.553. The molecule has 0 amide bonds. The largest absolute Gasteiger partial charge is 0.348 e. The summed E-state index contributed by atoms with van der Waals surface area (Å²) < 4.78 is 0. The van der Waals surface area contributed by atoms with E-state index in [9.17, 15) is 0 Å². The van der Waals surface area contributed by atoms with E-state index in [4.69, 9.17) is 4.98 Å². The highest BCUT2D eigenvalue weighted by Gasteiger charge is 2.27. The molecule has 0 aromatic carbocycles. The van der Waals surface area contributed by atoms with Crippen LogP contribution in [0, 0.1) is 0 Å². The highest BCUT2D eigenvalue weighted by molar-refractivity contribution is 7.15. The molecule has 19 heavy (non-hydrogen) atoms. The number of fused-ring (bicyclic) bond motifs is 1. The fourth-order valence-corrected chi connectivity index (χ4v) is 4.70. The van der Waals surface area contributed by atoms with Crippen LogP contribution < -0.4 is 10.2 Å². The van der Waals surface area contributed by atoms with Gasteiger partial charge in [-0.2, -0.15) is 0 Å². The second kappa shape index (κ2) is 5.80. The van der Waals surface area contributed by atoms with E-state index in [1.807, 2.05) is 11.3 Å². The molecule has 1 fully saturated rings. The molecule has 2 aliphatic carbocycles. The molecule has 1 saturated carbocycles. The van der Waals surface area contributed by atoms with E-state index in [2.05, 4.69) is 24.2 Å². The minimum Gasteiger partial charge on any atom is -0.348 e. The van der Waals surface area contributed by atoms with Gasteiger partial charge in [0.05, 0.1) is 5.69 Å². The number of hydrogen-bond acceptors (Lipinski definition) is 4. The molecule has 1 N–H and O–H groups in total. The molecule has 1 aromatic heterocycles. The highest BCUT2D eigenvalue weighted by Crippen LogP contribution is 2.38. The molecule has 0 aliphatic heterocycles. The second-order valence-corrected chi connectivity index (χ2v) is 6.87. The molecule has 1 unspecified atom stereocenters. The molecule has 1 atom stereocenters. The van der Waals surface area contributed by atoms with Gasteiger partial charge >= 0.3 is 0 Å². The fourth-order valence-electron chi connectivity index (χ4n) is 3.45. The zero-order valence-electron chi connectivity index (χ0n) is 12.1. The van der Waals surface area contributed by atoms with Crippen LogP contribution >= 0.6 is 11.3 Å². The standard InChI is InChI=1S/C15H25N3S/c1-3-16-12-9-6-10-13-14(12)19-15(17-13)18(2)11-7-4-5-8-11/h11-12,16H,3-10H2,1-2H3. The van der Waals surface area contributed by atoms with Crippen molar-refractivity contribution >= 4 is 16.5 Å². The SMILES string of the molecule is CCNC1CCCc2nc(N(C)C3CCCC3)sc21. The number of rotatable bonds is 4. The van der Waals surface area contributed by atoms with E-state index in [0.717, 1.165) is 12.6 Å². The molecular formula is C15H25N3S. The van der Waals surface area contributed by atoms with E-state index in [1.165, 1.54) is 60.6 Å². The minimum atomic E-state index is 0.553. The lowest BCUT2D eigenvalue weighted by atomic mass is 9.98. The van der Waals surface area contributed by atoms with Crippen LogP contribution in [0.4, 0.5) is 5.13 Å². The number of nitrogens with zero attached hydrogens (tertiary/aromatic N) is 2. The summed E-state index contributed by atoms with van der Waals surface area (Å²) >= 11 is 1.93. The smallest absolute Gasteiger partial charge is 0.185 e. The van der Waals surface area contributed by atoms with Crippen molar-refractivity contribution in [1.82, 2.24) is 10.3 Å². The van der Waals surface area contributed by atoms with E-state index in [0.29, 0.717) is 6.04 Å². The van der Waals surface area contributed by atoms with Gasteiger partial charge in [-0.25, -0.2) is 4.98 Å². The van der Waals surface area contributed by atoms with Crippen LogP contribution in [0.25, 0.3) is 0 Å². The van der Waals surface area contributed by atoms with Crippen LogP contribution in [0.3, 0.4) is 0 Å². The average Bonchev–Trinajstić information content (AvgIpc) is 3.08. The van der Waals surface area contributed by atoms with Crippen molar-refractivity contribution in [3.8, 4) is 0 Å². The van der Waals surface area contributed by atoms with Gasteiger partial charge in [-0.3, -0.25) is 0 Å². The first-order valence-corrected chi connectivity index (χ1v) is 8.57. The normalized spacial score (nSPS) is 23.6. The molecule has 1 aromatic rings. The molecule has 3 nitrogen and oxygen atoms in total. The first-order valence-electron chi connectivity index (χ1n) is 7.75. The maximum atomic E-state index is 4.93. The van der Waals surface area contributed by atoms with Gasteiger partial charge in [0.1, 0.15) is 0 Å². The fraction of sp³-hybridized carbons (Fsp3) is 0.800. The van der Waals surface area contributed by atoms with Gasteiger partial charge in [0.2, 0.25) is 0 Å². The monoisotopic (exact) mass is 279 g/mol. The maximum absolute atomic E-state index is 4.93. The van der Waals surface area contributed by atoms with E-state index in [1.54, 1.807) is 0 Å². The molecule has 0 radical (unpaired) electrons. The predicted molar refractivity (Wildman–Crippen MR) is 82.1 cm³/mol. The van der Waals surface area contributed by atoms with Crippen molar-refractivity contribution < 1.29 is 0 Å². The van der Waals surface area contributed by atoms with Crippen LogP contribution in [-0.4, -0.2) is 24.6 Å². The Bertz CT molecular complexity index is 423. The topological polar surface area (TPSA) is 28.2 Å². The number of anilines is 1. The predicted octanol–water partition coefficient (Wildman–Crippen LogP) is 3.51. The molecule has 3 rings (SSSR count). The Morgan fingerprint density at radius 3 is 2.79 bits per heavy atom. The van der Waals surface area contributed by atoms with Gasteiger partial charge in [0, 0.05) is 24.0 Å². The Balaban J connectivity index is 1.80. The zero-order chi connectivity index (χ0) is 13.2. The van der Waals surface area contributed by atoms with Crippen LogP contribution in [-0.2, 0) is 6.42 Å². The van der Waals surface area contributed by atoms with Gasteiger partial charge in [0.15, 0.2) is 5.13 Å². The summed E-state index contributed by atoms with van der Waals surface area (Å²) in [6.07, 6.45) is 9.19. The van der Waals surface area contributed by atoms with Crippen molar-refractivity contribution in [1.29, 1.82) is 0 Å². The third-order valence-corrected chi connectivity index (χ3v) is 5.87. The zero-order valence-corrected chi connectivity index (χ0v) is 12.9. The lowest BCUT2D eigenvalue weighted by Crippen LogP contribution is -2.28. The molecule has 0 saturated heterocycles. The third kappa shape index (κ3) is 2.65. The molecule has 4 heteroatoms. The second-order valence-electron chi connectivity index (χ2n) is 5.86. The Morgan fingerprint density at radius 1 is 1.26 bits per heavy atom. The summed E-state index contributed by atoms with van der Waals surface area (Å²) in [6, 6.07) is 1.28. The third-order valence-electron chi connectivity index (χ3n) is 4.56. The summed E-state index contributed by atoms with van der Waals surface area (Å²) in [7, 11) is 2.24. The Labute approximate surface area is 120 Å². The number of aryl methyl sites for hydroxylation is 1. The first-order chi connectivity index (χ1) is 9.29. The van der Waals surface area contributed by atoms with E-state index in [-0.39, 0.29) is 0 Å². The van der Waals surface area contributed by atoms with Crippen LogP contribution in [0.2, 0.25) is 0 Å². The highest BCUT2D eigenvalue weighted by atomic mass is 32.1. The van der Waals surface area contributed by atoms with Crippen molar-refractivity contribution in [2.45, 2.75) is 64.0 Å². The first kappa shape index (κ1) is 13.4. The van der Waals surface area contributed by atoms with Crippen LogP contribution in [0.15, 0.2) is 0 Å². The summed E-state index contributed by atoms with van der Waals surface area (Å²) in [4.78, 5) is 8.88. The lowest BCUT2D eigenvalue weighted by Gasteiger charge is -2.23. The van der Waals surface area contributed by atoms with Crippen LogP contribution in [0.5, 0.6) is 0 Å². The average molecular weight is 279 g/mol. The van der Waals surface area contributed by atoms with Crippen molar-refractivity contribution in [3.63, 3.8) is 0 Å². The summed E-state index contributed by atoms with van der Waals surface area (Å²) in [5.74, 6) is 0. The Hall–Kier alpha value is -0.610. The number of thiazole rings is 1. The lowest BCUT2D eigenvalue weighted by molar-refractivity contribution is 0.476. The number of nitrogens with one attached hydrogen (secondary N) is 1. The molecule has 0 spiro atoms. The molecular weight excluding hydrogens is 254 g/mol. The van der Waals surface area contributed by atoms with Gasteiger partial charge in [0.25, 0.3) is 0 Å². The quantitative estimate of drug-likeness (QED) is 0.914.